The third kappa shape index (κ3) is 4.73. The Hall–Kier alpha value is -3.13. The van der Waals surface area contributed by atoms with Crippen molar-refractivity contribution in [2.75, 3.05) is 6.54 Å². The second kappa shape index (κ2) is 8.50. The standard InChI is InChI=1S/C18H19ClN6O2/c19-13-6-2-1-5-12(13)14(22-18(20)27)11-17(26)21-9-8-16-24-23-15-7-3-4-10-25(15)16/h1-7,10,14H,8-9,11H2,(H,21,26)(H3,20,22,27)/t14-/m0/s1. The lowest BCUT2D eigenvalue weighted by atomic mass is 10.0. The van der Waals surface area contributed by atoms with Crippen molar-refractivity contribution in [1.82, 2.24) is 25.2 Å². The molecule has 0 unspecified atom stereocenters. The summed E-state index contributed by atoms with van der Waals surface area (Å²) in [7, 11) is 0. The molecule has 9 heteroatoms. The third-order valence-electron chi connectivity index (χ3n) is 4.04. The van der Waals surface area contributed by atoms with E-state index >= 15 is 0 Å². The van der Waals surface area contributed by atoms with E-state index < -0.39 is 12.1 Å². The number of rotatable bonds is 7. The highest BCUT2D eigenvalue weighted by Gasteiger charge is 2.19. The van der Waals surface area contributed by atoms with Crippen molar-refractivity contribution in [3.8, 4) is 0 Å². The number of pyridine rings is 1. The van der Waals surface area contributed by atoms with Gasteiger partial charge in [-0.2, -0.15) is 0 Å². The number of fused-ring (bicyclic) bond motifs is 1. The fourth-order valence-electron chi connectivity index (χ4n) is 2.80. The zero-order valence-corrected chi connectivity index (χ0v) is 15.2. The van der Waals surface area contributed by atoms with Gasteiger partial charge in [-0.25, -0.2) is 4.79 Å². The molecule has 3 rings (SSSR count). The SMILES string of the molecule is NC(=O)N[C@@H](CC(=O)NCCc1nnc2ccccn12)c1ccccc1Cl. The van der Waals surface area contributed by atoms with Crippen molar-refractivity contribution in [3.05, 3.63) is 65.1 Å². The van der Waals surface area contributed by atoms with Crippen LogP contribution in [0, 0.1) is 0 Å². The summed E-state index contributed by atoms with van der Waals surface area (Å²) in [5, 5.41) is 14.0. The van der Waals surface area contributed by atoms with Gasteiger partial charge in [0.1, 0.15) is 5.82 Å². The largest absolute Gasteiger partial charge is 0.356 e. The number of primary amides is 1. The smallest absolute Gasteiger partial charge is 0.312 e. The first-order valence-corrected chi connectivity index (χ1v) is 8.78. The maximum Gasteiger partial charge on any atom is 0.312 e. The summed E-state index contributed by atoms with van der Waals surface area (Å²) in [6.45, 7) is 0.389. The summed E-state index contributed by atoms with van der Waals surface area (Å²) in [6.07, 6.45) is 2.42. The van der Waals surface area contributed by atoms with Crippen LogP contribution in [0.25, 0.3) is 5.65 Å². The van der Waals surface area contributed by atoms with Crippen LogP contribution >= 0.6 is 11.6 Å². The Morgan fingerprint density at radius 2 is 1.93 bits per heavy atom. The number of nitrogens with zero attached hydrogens (tertiary/aromatic N) is 3. The molecule has 3 amide bonds. The second-order valence-corrected chi connectivity index (χ2v) is 6.34. The summed E-state index contributed by atoms with van der Waals surface area (Å²) in [5.74, 6) is 0.520. The third-order valence-corrected chi connectivity index (χ3v) is 4.39. The number of hydrogen-bond acceptors (Lipinski definition) is 4. The summed E-state index contributed by atoms with van der Waals surface area (Å²) in [6, 6.07) is 11.3. The van der Waals surface area contributed by atoms with E-state index in [1.807, 2.05) is 28.8 Å². The maximum atomic E-state index is 12.3. The van der Waals surface area contributed by atoms with Gasteiger partial charge in [-0.1, -0.05) is 35.9 Å². The number of hydrogen-bond donors (Lipinski definition) is 3. The molecule has 1 atom stereocenters. The van der Waals surface area contributed by atoms with Gasteiger partial charge in [0.15, 0.2) is 5.65 Å². The summed E-state index contributed by atoms with van der Waals surface area (Å²) in [5.41, 5.74) is 6.62. The molecule has 0 fully saturated rings. The van der Waals surface area contributed by atoms with Gasteiger partial charge in [0.05, 0.1) is 12.5 Å². The van der Waals surface area contributed by atoms with Crippen LogP contribution in [-0.2, 0) is 11.2 Å². The zero-order chi connectivity index (χ0) is 19.2. The highest BCUT2D eigenvalue weighted by molar-refractivity contribution is 6.31. The molecule has 0 bridgehead atoms. The Labute approximate surface area is 160 Å². The molecular weight excluding hydrogens is 368 g/mol. The van der Waals surface area contributed by atoms with Crippen molar-refractivity contribution in [1.29, 1.82) is 0 Å². The minimum Gasteiger partial charge on any atom is -0.356 e. The Bertz CT molecular complexity index is 958. The number of carbonyl (C=O) groups excluding carboxylic acids is 2. The number of carbonyl (C=O) groups is 2. The average molecular weight is 387 g/mol. The van der Waals surface area contributed by atoms with Gasteiger partial charge in [-0.05, 0) is 23.8 Å². The van der Waals surface area contributed by atoms with E-state index in [1.54, 1.807) is 24.3 Å². The number of nitrogens with one attached hydrogen (secondary N) is 2. The van der Waals surface area contributed by atoms with Crippen molar-refractivity contribution in [2.45, 2.75) is 18.9 Å². The minimum atomic E-state index is -0.720. The molecule has 0 radical (unpaired) electrons. The maximum absolute atomic E-state index is 12.3. The van der Waals surface area contributed by atoms with Gasteiger partial charge >= 0.3 is 6.03 Å². The van der Waals surface area contributed by atoms with Gasteiger partial charge < -0.3 is 16.4 Å². The van der Waals surface area contributed by atoms with Crippen LogP contribution in [-0.4, -0.2) is 33.1 Å². The van der Waals surface area contributed by atoms with E-state index in [0.29, 0.717) is 23.6 Å². The predicted molar refractivity (Wildman–Crippen MR) is 101 cm³/mol. The molecule has 0 aliphatic heterocycles. The van der Waals surface area contributed by atoms with Crippen molar-refractivity contribution in [3.63, 3.8) is 0 Å². The number of urea groups is 1. The molecule has 0 aliphatic rings. The monoisotopic (exact) mass is 386 g/mol. The van der Waals surface area contributed by atoms with Crippen LogP contribution in [0.5, 0.6) is 0 Å². The van der Waals surface area contributed by atoms with Crippen LogP contribution < -0.4 is 16.4 Å². The minimum absolute atomic E-state index is 0.0211. The number of benzene rings is 1. The fraction of sp³-hybridized carbons (Fsp3) is 0.222. The van der Waals surface area contributed by atoms with Crippen molar-refractivity contribution >= 4 is 29.2 Å². The quantitative estimate of drug-likeness (QED) is 0.574. The Kier molecular flexibility index (Phi) is 5.87. The Balaban J connectivity index is 1.59. The van der Waals surface area contributed by atoms with E-state index in [9.17, 15) is 9.59 Å². The molecule has 27 heavy (non-hydrogen) atoms. The van der Waals surface area contributed by atoms with Gasteiger partial charge in [0, 0.05) is 24.2 Å². The molecule has 0 spiro atoms. The highest BCUT2D eigenvalue weighted by atomic mass is 35.5. The molecule has 4 N–H and O–H groups in total. The molecule has 1 aromatic carbocycles. The van der Waals surface area contributed by atoms with Crippen molar-refractivity contribution in [2.24, 2.45) is 5.73 Å². The highest BCUT2D eigenvalue weighted by Crippen LogP contribution is 2.24. The molecule has 140 valence electrons. The molecule has 0 aliphatic carbocycles. The molecule has 2 heterocycles. The van der Waals surface area contributed by atoms with E-state index in [4.69, 9.17) is 17.3 Å². The predicted octanol–water partition coefficient (Wildman–Crippen LogP) is 1.84. The van der Waals surface area contributed by atoms with E-state index in [2.05, 4.69) is 20.8 Å². The summed E-state index contributed by atoms with van der Waals surface area (Å²) >= 11 is 6.17. The lowest BCUT2D eigenvalue weighted by Gasteiger charge is -2.18. The van der Waals surface area contributed by atoms with Gasteiger partial charge in [-0.3, -0.25) is 9.20 Å². The number of amides is 3. The Morgan fingerprint density at radius 3 is 2.70 bits per heavy atom. The normalized spacial score (nSPS) is 11.9. The lowest BCUT2D eigenvalue weighted by Crippen LogP contribution is -2.37. The van der Waals surface area contributed by atoms with Gasteiger partial charge in [0.25, 0.3) is 0 Å². The first-order chi connectivity index (χ1) is 13.0. The van der Waals surface area contributed by atoms with Crippen LogP contribution in [0.15, 0.2) is 48.7 Å². The van der Waals surface area contributed by atoms with E-state index in [0.717, 1.165) is 11.5 Å². The second-order valence-electron chi connectivity index (χ2n) is 5.93. The topological polar surface area (TPSA) is 114 Å². The number of nitrogens with two attached hydrogens (primary N) is 1. The van der Waals surface area contributed by atoms with Gasteiger partial charge in [0.2, 0.25) is 5.91 Å². The van der Waals surface area contributed by atoms with Crippen LogP contribution in [0.2, 0.25) is 5.02 Å². The number of aromatic nitrogens is 3. The fourth-order valence-corrected chi connectivity index (χ4v) is 3.07. The molecular formula is C18H19ClN6O2. The summed E-state index contributed by atoms with van der Waals surface area (Å²) in [4.78, 5) is 23.6. The first kappa shape index (κ1) is 18.7. The lowest BCUT2D eigenvalue weighted by molar-refractivity contribution is -0.121. The Morgan fingerprint density at radius 1 is 1.15 bits per heavy atom. The van der Waals surface area contributed by atoms with E-state index in [1.165, 1.54) is 0 Å². The molecule has 3 aromatic rings. The molecule has 0 saturated carbocycles. The zero-order valence-electron chi connectivity index (χ0n) is 14.4. The van der Waals surface area contributed by atoms with Crippen LogP contribution in [0.1, 0.15) is 23.9 Å². The first-order valence-electron chi connectivity index (χ1n) is 8.40. The van der Waals surface area contributed by atoms with Crippen molar-refractivity contribution < 1.29 is 9.59 Å². The molecule has 8 nitrogen and oxygen atoms in total. The summed E-state index contributed by atoms with van der Waals surface area (Å²) < 4.78 is 1.87. The van der Waals surface area contributed by atoms with Gasteiger partial charge in [-0.15, -0.1) is 10.2 Å². The van der Waals surface area contributed by atoms with E-state index in [-0.39, 0.29) is 12.3 Å². The molecule has 0 saturated heterocycles. The average Bonchev–Trinajstić information content (AvgIpc) is 3.04. The number of halogens is 1. The van der Waals surface area contributed by atoms with Crippen LogP contribution in [0.3, 0.4) is 0 Å². The molecule has 2 aromatic heterocycles. The van der Waals surface area contributed by atoms with Crippen LogP contribution in [0.4, 0.5) is 4.79 Å².